The predicted molar refractivity (Wildman–Crippen MR) is 64.4 cm³/mol. The monoisotopic (exact) mass is 231 g/mol. The zero-order chi connectivity index (χ0) is 12.4. The molecule has 0 saturated heterocycles. The van der Waals surface area contributed by atoms with Crippen molar-refractivity contribution in [2.75, 3.05) is 13.2 Å². The number of ether oxygens (including phenoxy) is 1. The highest BCUT2D eigenvalue weighted by molar-refractivity contribution is 5.77. The molecule has 0 aliphatic rings. The molecule has 0 amide bonds. The zero-order valence-corrected chi connectivity index (χ0v) is 10.5. The number of nitrogens with two attached hydrogens (primary N) is 1. The summed E-state index contributed by atoms with van der Waals surface area (Å²) in [5.41, 5.74) is 4.50. The molecule has 0 aromatic heterocycles. The Labute approximate surface area is 98.2 Å². The van der Waals surface area contributed by atoms with Crippen LogP contribution in [0.5, 0.6) is 0 Å². The molecular weight excluding hydrogens is 206 g/mol. The Hall–Kier alpha value is -0.610. The number of rotatable bonds is 10. The molecule has 1 unspecified atom stereocenters. The third kappa shape index (κ3) is 7.65. The molecule has 0 bridgehead atoms. The summed E-state index contributed by atoms with van der Waals surface area (Å²) in [6.45, 7) is 5.23. The van der Waals surface area contributed by atoms with Crippen LogP contribution in [0.15, 0.2) is 0 Å². The van der Waals surface area contributed by atoms with Crippen molar-refractivity contribution >= 4 is 5.97 Å². The summed E-state index contributed by atoms with van der Waals surface area (Å²) in [6.07, 6.45) is 5.70. The van der Waals surface area contributed by atoms with Crippen molar-refractivity contribution in [1.29, 1.82) is 0 Å². The molecule has 96 valence electrons. The molecule has 0 radical (unpaired) electrons. The van der Waals surface area contributed by atoms with E-state index in [0.29, 0.717) is 13.0 Å². The van der Waals surface area contributed by atoms with Gasteiger partial charge >= 0.3 is 5.97 Å². The number of hydrogen-bond donors (Lipinski definition) is 2. The molecule has 0 aromatic rings. The minimum Gasteiger partial charge on any atom is -0.480 e. The van der Waals surface area contributed by atoms with Crippen molar-refractivity contribution in [2.45, 2.75) is 57.9 Å². The van der Waals surface area contributed by atoms with Crippen LogP contribution in [0.4, 0.5) is 0 Å². The minimum absolute atomic E-state index is 0.501. The highest BCUT2D eigenvalue weighted by Gasteiger charge is 2.26. The Balaban J connectivity index is 3.30. The number of aliphatic carboxylic acids is 1. The maximum Gasteiger partial charge on any atom is 0.323 e. The minimum atomic E-state index is -1.10. The van der Waals surface area contributed by atoms with Crippen molar-refractivity contribution in [2.24, 2.45) is 5.73 Å². The fourth-order valence-electron chi connectivity index (χ4n) is 1.36. The van der Waals surface area contributed by atoms with Crippen LogP contribution in [0.2, 0.25) is 0 Å². The molecular formula is C12H25NO3. The first kappa shape index (κ1) is 15.4. The molecule has 0 fully saturated rings. The lowest BCUT2D eigenvalue weighted by molar-refractivity contribution is -0.142. The van der Waals surface area contributed by atoms with Gasteiger partial charge in [-0.3, -0.25) is 4.79 Å². The van der Waals surface area contributed by atoms with Crippen molar-refractivity contribution in [3.8, 4) is 0 Å². The number of hydrogen-bond acceptors (Lipinski definition) is 3. The van der Waals surface area contributed by atoms with E-state index < -0.39 is 11.5 Å². The Morgan fingerprint density at radius 1 is 1.25 bits per heavy atom. The van der Waals surface area contributed by atoms with Crippen molar-refractivity contribution in [1.82, 2.24) is 0 Å². The van der Waals surface area contributed by atoms with E-state index in [9.17, 15) is 4.79 Å². The van der Waals surface area contributed by atoms with Gasteiger partial charge in [0.25, 0.3) is 0 Å². The van der Waals surface area contributed by atoms with Gasteiger partial charge in [-0.15, -0.1) is 0 Å². The second-order valence-electron chi connectivity index (χ2n) is 4.50. The highest BCUT2D eigenvalue weighted by Crippen LogP contribution is 2.10. The quantitative estimate of drug-likeness (QED) is 0.565. The second-order valence-corrected chi connectivity index (χ2v) is 4.50. The SMILES string of the molecule is CCCCCOCCCCC(C)(N)C(=O)O. The van der Waals surface area contributed by atoms with Gasteiger partial charge in [0.05, 0.1) is 0 Å². The summed E-state index contributed by atoms with van der Waals surface area (Å²) in [6, 6.07) is 0. The van der Waals surface area contributed by atoms with Gasteiger partial charge in [0.2, 0.25) is 0 Å². The summed E-state index contributed by atoms with van der Waals surface area (Å²) in [5.74, 6) is -0.934. The smallest absolute Gasteiger partial charge is 0.323 e. The van der Waals surface area contributed by atoms with Crippen LogP contribution in [-0.4, -0.2) is 29.8 Å². The lowest BCUT2D eigenvalue weighted by Gasteiger charge is -2.18. The Kier molecular flexibility index (Phi) is 8.21. The van der Waals surface area contributed by atoms with E-state index in [1.165, 1.54) is 12.8 Å². The van der Waals surface area contributed by atoms with E-state index in [1.807, 2.05) is 0 Å². The van der Waals surface area contributed by atoms with E-state index in [1.54, 1.807) is 6.92 Å². The van der Waals surface area contributed by atoms with E-state index in [0.717, 1.165) is 25.9 Å². The van der Waals surface area contributed by atoms with Gasteiger partial charge in [0.1, 0.15) is 5.54 Å². The average Bonchev–Trinajstić information content (AvgIpc) is 2.21. The van der Waals surface area contributed by atoms with Crippen LogP contribution in [0.1, 0.15) is 52.4 Å². The fraction of sp³-hybridized carbons (Fsp3) is 0.917. The van der Waals surface area contributed by atoms with Gasteiger partial charge in [0, 0.05) is 13.2 Å². The van der Waals surface area contributed by atoms with Crippen molar-refractivity contribution < 1.29 is 14.6 Å². The van der Waals surface area contributed by atoms with Crippen LogP contribution in [0.3, 0.4) is 0 Å². The van der Waals surface area contributed by atoms with Crippen molar-refractivity contribution in [3.63, 3.8) is 0 Å². The highest BCUT2D eigenvalue weighted by atomic mass is 16.5. The van der Waals surface area contributed by atoms with Gasteiger partial charge in [-0.1, -0.05) is 19.8 Å². The van der Waals surface area contributed by atoms with E-state index in [4.69, 9.17) is 15.6 Å². The van der Waals surface area contributed by atoms with Crippen LogP contribution in [0.25, 0.3) is 0 Å². The van der Waals surface area contributed by atoms with Gasteiger partial charge in [-0.25, -0.2) is 0 Å². The molecule has 0 saturated carbocycles. The van der Waals surface area contributed by atoms with Gasteiger partial charge in [0.15, 0.2) is 0 Å². The summed E-state index contributed by atoms with van der Waals surface area (Å²) < 4.78 is 5.42. The lowest BCUT2D eigenvalue weighted by atomic mass is 9.97. The first-order valence-electron chi connectivity index (χ1n) is 6.10. The van der Waals surface area contributed by atoms with E-state index >= 15 is 0 Å². The van der Waals surface area contributed by atoms with Gasteiger partial charge in [-0.05, 0) is 32.6 Å². The van der Waals surface area contributed by atoms with Gasteiger partial charge < -0.3 is 15.6 Å². The molecule has 4 heteroatoms. The molecule has 0 aliphatic carbocycles. The molecule has 0 rings (SSSR count). The summed E-state index contributed by atoms with van der Waals surface area (Å²) in [7, 11) is 0. The largest absolute Gasteiger partial charge is 0.480 e. The molecule has 4 nitrogen and oxygen atoms in total. The first-order valence-corrected chi connectivity index (χ1v) is 6.10. The normalized spacial score (nSPS) is 14.7. The molecule has 0 spiro atoms. The third-order valence-corrected chi connectivity index (χ3v) is 2.62. The summed E-state index contributed by atoms with van der Waals surface area (Å²) in [4.78, 5) is 10.7. The molecule has 0 heterocycles. The maximum atomic E-state index is 10.7. The predicted octanol–water partition coefficient (Wildman–Crippen LogP) is 2.17. The van der Waals surface area contributed by atoms with Crippen LogP contribution < -0.4 is 5.73 Å². The van der Waals surface area contributed by atoms with Crippen LogP contribution in [-0.2, 0) is 9.53 Å². The van der Waals surface area contributed by atoms with Gasteiger partial charge in [-0.2, -0.15) is 0 Å². The van der Waals surface area contributed by atoms with Crippen molar-refractivity contribution in [3.05, 3.63) is 0 Å². The molecule has 3 N–H and O–H groups in total. The third-order valence-electron chi connectivity index (χ3n) is 2.62. The lowest BCUT2D eigenvalue weighted by Crippen LogP contribution is -2.44. The van der Waals surface area contributed by atoms with E-state index in [-0.39, 0.29) is 0 Å². The maximum absolute atomic E-state index is 10.7. The summed E-state index contributed by atoms with van der Waals surface area (Å²) >= 11 is 0. The zero-order valence-electron chi connectivity index (χ0n) is 10.5. The van der Waals surface area contributed by atoms with Crippen LogP contribution >= 0.6 is 0 Å². The number of carboxylic acids is 1. The topological polar surface area (TPSA) is 72.5 Å². The Morgan fingerprint density at radius 3 is 2.31 bits per heavy atom. The molecule has 1 atom stereocenters. The number of carboxylic acid groups (broad SMARTS) is 1. The first-order chi connectivity index (χ1) is 7.50. The molecule has 0 aromatic carbocycles. The molecule has 16 heavy (non-hydrogen) atoms. The van der Waals surface area contributed by atoms with E-state index in [2.05, 4.69) is 6.92 Å². The Morgan fingerprint density at radius 2 is 1.81 bits per heavy atom. The molecule has 0 aliphatic heterocycles. The Bertz CT molecular complexity index is 193. The number of unbranched alkanes of at least 4 members (excludes halogenated alkanes) is 3. The summed E-state index contributed by atoms with van der Waals surface area (Å²) in [5, 5.41) is 8.78. The fourth-order valence-corrected chi connectivity index (χ4v) is 1.36. The standard InChI is InChI=1S/C12H25NO3/c1-3-4-6-9-16-10-7-5-8-12(2,13)11(14)15/h3-10,13H2,1-2H3,(H,14,15). The second kappa shape index (κ2) is 8.53. The number of carbonyl (C=O) groups is 1. The average molecular weight is 231 g/mol. The van der Waals surface area contributed by atoms with Crippen LogP contribution in [0, 0.1) is 0 Å².